The SMILES string of the molecule is [Li][c]1cc(OC)c(OC)c(C2=NC(C)(C)CO2)c1. The predicted molar refractivity (Wildman–Crippen MR) is 71.5 cm³/mol. The van der Waals surface area contributed by atoms with Crippen molar-refractivity contribution in [2.24, 2.45) is 4.99 Å². The van der Waals surface area contributed by atoms with Gasteiger partial charge in [-0.2, -0.15) is 0 Å². The summed E-state index contributed by atoms with van der Waals surface area (Å²) in [5.41, 5.74) is 0.664. The number of benzene rings is 1. The van der Waals surface area contributed by atoms with Crippen LogP contribution in [0.2, 0.25) is 0 Å². The normalized spacial score (nSPS) is 17.1. The fourth-order valence-electron chi connectivity index (χ4n) is 1.98. The van der Waals surface area contributed by atoms with Crippen molar-refractivity contribution >= 4 is 27.8 Å². The molecule has 1 aliphatic rings. The topological polar surface area (TPSA) is 40.0 Å². The third-order valence-electron chi connectivity index (χ3n) is 2.82. The van der Waals surface area contributed by atoms with Gasteiger partial charge in [0, 0.05) is 0 Å². The first-order valence-electron chi connectivity index (χ1n) is 5.92. The van der Waals surface area contributed by atoms with E-state index in [4.69, 9.17) is 14.2 Å². The third-order valence-corrected chi connectivity index (χ3v) is 2.82. The molecule has 1 aromatic rings. The number of methoxy groups -OCH3 is 2. The van der Waals surface area contributed by atoms with Crippen LogP contribution in [-0.2, 0) is 4.74 Å². The van der Waals surface area contributed by atoms with Gasteiger partial charge in [-0.05, 0) is 0 Å². The van der Waals surface area contributed by atoms with Gasteiger partial charge in [-0.3, -0.25) is 0 Å². The molecule has 1 aromatic carbocycles. The standard InChI is InChI=1S/C13H16NO3.Li/c1-13(2)8-17-12(14-13)9-6-5-7-10(15-3)11(9)16-4;/h6-7H,8H2,1-4H3;. The summed E-state index contributed by atoms with van der Waals surface area (Å²) >= 11 is 2.01. The van der Waals surface area contributed by atoms with Gasteiger partial charge in [-0.15, -0.1) is 0 Å². The molecule has 5 heteroatoms. The molecule has 0 saturated carbocycles. The van der Waals surface area contributed by atoms with E-state index in [0.29, 0.717) is 24.0 Å². The monoisotopic (exact) mass is 241 g/mol. The van der Waals surface area contributed by atoms with Crippen molar-refractivity contribution < 1.29 is 14.2 Å². The molecule has 0 atom stereocenters. The van der Waals surface area contributed by atoms with E-state index in [1.165, 1.54) is 0 Å². The molecule has 0 aromatic heterocycles. The first-order valence-corrected chi connectivity index (χ1v) is 5.92. The molecule has 0 bridgehead atoms. The van der Waals surface area contributed by atoms with Crippen LogP contribution in [0, 0.1) is 0 Å². The molecule has 0 unspecified atom stereocenters. The van der Waals surface area contributed by atoms with Gasteiger partial charge in [0.2, 0.25) is 0 Å². The third kappa shape index (κ3) is 2.50. The Morgan fingerprint density at radius 2 is 2.00 bits per heavy atom. The summed E-state index contributed by atoms with van der Waals surface area (Å²) in [5, 5.41) is 0. The van der Waals surface area contributed by atoms with Crippen molar-refractivity contribution in [3.05, 3.63) is 17.7 Å². The number of ether oxygens (including phenoxy) is 3. The van der Waals surface area contributed by atoms with Gasteiger partial charge in [0.05, 0.1) is 0 Å². The van der Waals surface area contributed by atoms with Gasteiger partial charge in [0.15, 0.2) is 0 Å². The van der Waals surface area contributed by atoms with Gasteiger partial charge in [0.1, 0.15) is 0 Å². The van der Waals surface area contributed by atoms with E-state index < -0.39 is 0 Å². The number of aliphatic imine (C=N–C) groups is 1. The maximum absolute atomic E-state index is 5.67. The summed E-state index contributed by atoms with van der Waals surface area (Å²) in [7, 11) is 3.25. The van der Waals surface area contributed by atoms with Crippen LogP contribution in [0.3, 0.4) is 0 Å². The average Bonchev–Trinajstić information content (AvgIpc) is 2.68. The molecular formula is C13H16LiNO3. The van der Waals surface area contributed by atoms with E-state index >= 15 is 0 Å². The van der Waals surface area contributed by atoms with E-state index in [0.717, 1.165) is 9.80 Å². The molecule has 4 nitrogen and oxygen atoms in total. The van der Waals surface area contributed by atoms with Crippen LogP contribution in [0.5, 0.6) is 11.5 Å². The minimum atomic E-state index is -0.183. The van der Waals surface area contributed by atoms with Crippen LogP contribution in [0.1, 0.15) is 19.4 Å². The summed E-state index contributed by atoms with van der Waals surface area (Å²) in [6.07, 6.45) is 0. The zero-order chi connectivity index (χ0) is 13.3. The predicted octanol–water partition coefficient (Wildman–Crippen LogP) is 1.05. The Hall–Kier alpha value is -1.11. The van der Waals surface area contributed by atoms with Crippen LogP contribution < -0.4 is 13.7 Å². The molecule has 0 radical (unpaired) electrons. The number of rotatable bonds is 3. The Balaban J connectivity index is 2.54. The van der Waals surface area contributed by atoms with Gasteiger partial charge in [0.25, 0.3) is 0 Å². The van der Waals surface area contributed by atoms with Gasteiger partial charge in [-0.1, -0.05) is 0 Å². The van der Waals surface area contributed by atoms with Gasteiger partial charge in [-0.25, -0.2) is 0 Å². The molecule has 0 fully saturated rings. The second kappa shape index (κ2) is 4.87. The molecule has 0 aliphatic carbocycles. The summed E-state index contributed by atoms with van der Waals surface area (Å²) < 4.78 is 17.5. The molecule has 0 spiro atoms. The molecule has 0 N–H and O–H groups in total. The number of nitrogens with zero attached hydrogens (tertiary/aromatic N) is 1. The summed E-state index contributed by atoms with van der Waals surface area (Å²) in [6, 6.07) is 3.94. The second-order valence-corrected chi connectivity index (χ2v) is 5.07. The number of hydrogen-bond acceptors (Lipinski definition) is 4. The zero-order valence-electron chi connectivity index (χ0n) is 11.5. The van der Waals surface area contributed by atoms with E-state index in [9.17, 15) is 0 Å². The molecule has 1 heterocycles. The van der Waals surface area contributed by atoms with Crippen LogP contribution in [0.15, 0.2) is 17.1 Å². The van der Waals surface area contributed by atoms with Crippen LogP contribution >= 0.6 is 0 Å². The first-order chi connectivity index (χ1) is 8.46. The first kappa shape index (κ1) is 13.3. The summed E-state index contributed by atoms with van der Waals surface area (Å²) in [5.74, 6) is 1.99. The second-order valence-electron chi connectivity index (χ2n) is 5.07. The Labute approximate surface area is 117 Å². The van der Waals surface area contributed by atoms with Crippen molar-refractivity contribution in [1.29, 1.82) is 0 Å². The Kier molecular flexibility index (Phi) is 3.60. The molecule has 1 aliphatic heterocycles. The van der Waals surface area contributed by atoms with E-state index in [1.807, 2.05) is 43.7 Å². The molecule has 2 rings (SSSR count). The van der Waals surface area contributed by atoms with Crippen LogP contribution in [-0.4, -0.2) is 50.0 Å². The Morgan fingerprint density at radius 1 is 1.28 bits per heavy atom. The molecule has 18 heavy (non-hydrogen) atoms. The quantitative estimate of drug-likeness (QED) is 0.743. The summed E-state index contributed by atoms with van der Waals surface area (Å²) in [4.78, 5) is 4.57. The fraction of sp³-hybridized carbons (Fsp3) is 0.462. The molecule has 0 amide bonds. The molecule has 0 saturated heterocycles. The maximum atomic E-state index is 5.67. The van der Waals surface area contributed by atoms with Gasteiger partial charge < -0.3 is 0 Å². The minimum absolute atomic E-state index is 0.183. The Bertz CT molecular complexity index is 497. The van der Waals surface area contributed by atoms with Gasteiger partial charge >= 0.3 is 116 Å². The van der Waals surface area contributed by atoms with Crippen molar-refractivity contribution in [2.75, 3.05) is 20.8 Å². The van der Waals surface area contributed by atoms with Crippen molar-refractivity contribution in [3.63, 3.8) is 0 Å². The molecule has 92 valence electrons. The Morgan fingerprint density at radius 3 is 2.50 bits per heavy atom. The van der Waals surface area contributed by atoms with E-state index in [1.54, 1.807) is 14.2 Å². The zero-order valence-corrected chi connectivity index (χ0v) is 11.5. The van der Waals surface area contributed by atoms with E-state index in [2.05, 4.69) is 4.99 Å². The fourth-order valence-corrected chi connectivity index (χ4v) is 1.98. The van der Waals surface area contributed by atoms with Crippen molar-refractivity contribution in [1.82, 2.24) is 0 Å². The molecular weight excluding hydrogens is 225 g/mol. The van der Waals surface area contributed by atoms with E-state index in [-0.39, 0.29) is 5.54 Å². The number of hydrogen-bond donors (Lipinski definition) is 0. The van der Waals surface area contributed by atoms with Crippen molar-refractivity contribution in [3.8, 4) is 11.5 Å². The average molecular weight is 241 g/mol. The van der Waals surface area contributed by atoms with Crippen LogP contribution in [0.4, 0.5) is 0 Å². The summed E-state index contributed by atoms with van der Waals surface area (Å²) in [6.45, 7) is 4.67. The van der Waals surface area contributed by atoms with Crippen LogP contribution in [0.25, 0.3) is 0 Å². The van der Waals surface area contributed by atoms with Crippen molar-refractivity contribution in [2.45, 2.75) is 19.4 Å².